The van der Waals surface area contributed by atoms with E-state index in [1.807, 2.05) is 13.1 Å². The Morgan fingerprint density at radius 3 is 2.64 bits per heavy atom. The summed E-state index contributed by atoms with van der Waals surface area (Å²) in [7, 11) is 0. The fraction of sp³-hybridized carbons (Fsp3) is 0.0625. The van der Waals surface area contributed by atoms with Crippen LogP contribution in [0.5, 0.6) is 0 Å². The lowest BCUT2D eigenvalue weighted by molar-refractivity contribution is 0.102. The van der Waals surface area contributed by atoms with E-state index in [9.17, 15) is 9.59 Å². The van der Waals surface area contributed by atoms with E-state index in [0.717, 1.165) is 11.3 Å². The van der Waals surface area contributed by atoms with E-state index >= 15 is 0 Å². The Hall–Kier alpha value is -3.15. The van der Waals surface area contributed by atoms with Crippen molar-refractivity contribution in [2.45, 2.75) is 6.92 Å². The third kappa shape index (κ3) is 2.80. The Morgan fingerprint density at radius 1 is 1.23 bits per heavy atom. The summed E-state index contributed by atoms with van der Waals surface area (Å²) in [5.41, 5.74) is 2.28. The van der Waals surface area contributed by atoms with Crippen molar-refractivity contribution in [2.75, 3.05) is 5.32 Å². The molecule has 6 heteroatoms. The largest absolute Gasteiger partial charge is 0.327 e. The molecule has 0 fully saturated rings. The summed E-state index contributed by atoms with van der Waals surface area (Å²) >= 11 is 0. The second-order valence-corrected chi connectivity index (χ2v) is 4.88. The smallest absolute Gasteiger partial charge is 0.271 e. The maximum absolute atomic E-state index is 12.1. The molecule has 1 amide bonds. The SMILES string of the molecule is Cc1cnn(-c2ccc(C(=O)Nc3ccc[nH]c3=O)cc2)c1. The summed E-state index contributed by atoms with van der Waals surface area (Å²) in [5, 5.41) is 6.80. The van der Waals surface area contributed by atoms with Crippen LogP contribution in [0.4, 0.5) is 5.69 Å². The molecule has 2 heterocycles. The number of aromatic amines is 1. The molecule has 3 rings (SSSR count). The van der Waals surface area contributed by atoms with Gasteiger partial charge in [-0.3, -0.25) is 9.59 Å². The third-order valence-corrected chi connectivity index (χ3v) is 3.17. The number of H-pyrrole nitrogens is 1. The summed E-state index contributed by atoms with van der Waals surface area (Å²) in [6.45, 7) is 1.96. The van der Waals surface area contributed by atoms with Gasteiger partial charge >= 0.3 is 0 Å². The Labute approximate surface area is 126 Å². The molecule has 2 aromatic heterocycles. The van der Waals surface area contributed by atoms with Crippen molar-refractivity contribution in [3.8, 4) is 5.69 Å². The summed E-state index contributed by atoms with van der Waals surface area (Å²) in [5.74, 6) is -0.333. The van der Waals surface area contributed by atoms with Gasteiger partial charge in [0.1, 0.15) is 5.69 Å². The van der Waals surface area contributed by atoms with Crippen molar-refractivity contribution in [1.82, 2.24) is 14.8 Å². The first-order valence-corrected chi connectivity index (χ1v) is 6.74. The molecule has 1 aromatic carbocycles. The maximum Gasteiger partial charge on any atom is 0.271 e. The molecule has 6 nitrogen and oxygen atoms in total. The Kier molecular flexibility index (Phi) is 3.57. The van der Waals surface area contributed by atoms with E-state index in [4.69, 9.17) is 0 Å². The van der Waals surface area contributed by atoms with Crippen LogP contribution in [0.2, 0.25) is 0 Å². The van der Waals surface area contributed by atoms with Gasteiger partial charge in [-0.05, 0) is 48.9 Å². The zero-order valence-corrected chi connectivity index (χ0v) is 11.9. The number of amides is 1. The number of anilines is 1. The molecule has 0 aliphatic carbocycles. The molecule has 2 N–H and O–H groups in total. The quantitative estimate of drug-likeness (QED) is 0.776. The molecule has 0 atom stereocenters. The summed E-state index contributed by atoms with van der Waals surface area (Å²) < 4.78 is 1.74. The summed E-state index contributed by atoms with van der Waals surface area (Å²) in [6, 6.07) is 10.2. The normalized spacial score (nSPS) is 10.4. The molecule has 0 aliphatic rings. The fourth-order valence-electron chi connectivity index (χ4n) is 2.03. The second kappa shape index (κ2) is 5.69. The minimum atomic E-state index is -0.334. The van der Waals surface area contributed by atoms with E-state index in [2.05, 4.69) is 15.4 Å². The predicted octanol–water partition coefficient (Wildman–Crippen LogP) is 2.12. The number of aryl methyl sites for hydroxylation is 1. The Bertz CT molecular complexity index is 862. The van der Waals surface area contributed by atoms with Gasteiger partial charge in [0.15, 0.2) is 0 Å². The number of benzene rings is 1. The molecule has 0 radical (unpaired) electrons. The molecule has 110 valence electrons. The summed E-state index contributed by atoms with van der Waals surface area (Å²) in [6.07, 6.45) is 5.18. The van der Waals surface area contributed by atoms with Crippen LogP contribution in [0, 0.1) is 6.92 Å². The molecular weight excluding hydrogens is 280 g/mol. The van der Waals surface area contributed by atoms with Crippen LogP contribution < -0.4 is 10.9 Å². The minimum Gasteiger partial charge on any atom is -0.327 e. The molecule has 0 spiro atoms. The van der Waals surface area contributed by atoms with Crippen LogP contribution in [0.3, 0.4) is 0 Å². The number of pyridine rings is 1. The number of aromatic nitrogens is 3. The number of hydrogen-bond donors (Lipinski definition) is 2. The first-order chi connectivity index (χ1) is 10.6. The van der Waals surface area contributed by atoms with Crippen molar-refractivity contribution in [3.05, 3.63) is 76.5 Å². The van der Waals surface area contributed by atoms with Gasteiger partial charge in [-0.15, -0.1) is 0 Å². The van der Waals surface area contributed by atoms with Gasteiger partial charge in [-0.2, -0.15) is 5.10 Å². The molecular formula is C16H14N4O2. The van der Waals surface area contributed by atoms with Crippen molar-refractivity contribution < 1.29 is 4.79 Å². The molecule has 0 unspecified atom stereocenters. The van der Waals surface area contributed by atoms with Gasteiger partial charge in [-0.25, -0.2) is 4.68 Å². The van der Waals surface area contributed by atoms with Gasteiger partial charge in [0.2, 0.25) is 0 Å². The highest BCUT2D eigenvalue weighted by Crippen LogP contribution is 2.11. The lowest BCUT2D eigenvalue weighted by Crippen LogP contribution is -2.19. The highest BCUT2D eigenvalue weighted by atomic mass is 16.2. The van der Waals surface area contributed by atoms with Gasteiger partial charge in [0.25, 0.3) is 11.5 Å². The number of nitrogens with one attached hydrogen (secondary N) is 2. The number of hydrogen-bond acceptors (Lipinski definition) is 3. The van der Waals surface area contributed by atoms with Crippen molar-refractivity contribution in [2.24, 2.45) is 0 Å². The van der Waals surface area contributed by atoms with E-state index in [-0.39, 0.29) is 17.2 Å². The van der Waals surface area contributed by atoms with Crippen LogP contribution in [-0.2, 0) is 0 Å². The minimum absolute atomic E-state index is 0.222. The van der Waals surface area contributed by atoms with Gasteiger partial charge < -0.3 is 10.3 Å². The summed E-state index contributed by atoms with van der Waals surface area (Å²) in [4.78, 5) is 26.2. The zero-order valence-electron chi connectivity index (χ0n) is 11.9. The Morgan fingerprint density at radius 2 is 2.00 bits per heavy atom. The highest BCUT2D eigenvalue weighted by Gasteiger charge is 2.08. The predicted molar refractivity (Wildman–Crippen MR) is 83.3 cm³/mol. The van der Waals surface area contributed by atoms with Crippen LogP contribution in [0.15, 0.2) is 59.8 Å². The average Bonchev–Trinajstić information content (AvgIpc) is 2.96. The monoisotopic (exact) mass is 294 g/mol. The van der Waals surface area contributed by atoms with Crippen LogP contribution in [0.1, 0.15) is 15.9 Å². The first kappa shape index (κ1) is 13.8. The lowest BCUT2D eigenvalue weighted by atomic mass is 10.2. The second-order valence-electron chi connectivity index (χ2n) is 4.88. The zero-order chi connectivity index (χ0) is 15.5. The van der Waals surface area contributed by atoms with Crippen molar-refractivity contribution >= 4 is 11.6 Å². The first-order valence-electron chi connectivity index (χ1n) is 6.74. The van der Waals surface area contributed by atoms with Gasteiger partial charge in [0.05, 0.1) is 11.9 Å². The van der Waals surface area contributed by atoms with Crippen LogP contribution >= 0.6 is 0 Å². The average molecular weight is 294 g/mol. The maximum atomic E-state index is 12.1. The van der Waals surface area contributed by atoms with Gasteiger partial charge in [0, 0.05) is 18.0 Å². The molecule has 0 bridgehead atoms. The van der Waals surface area contributed by atoms with E-state index in [1.165, 1.54) is 6.20 Å². The standard InChI is InChI=1S/C16H14N4O2/c1-11-9-18-20(10-11)13-6-4-12(5-7-13)15(21)19-14-3-2-8-17-16(14)22/h2-10H,1H3,(H,17,22)(H,19,21). The highest BCUT2D eigenvalue weighted by molar-refractivity contribution is 6.04. The van der Waals surface area contributed by atoms with E-state index in [0.29, 0.717) is 5.56 Å². The molecule has 0 saturated heterocycles. The Balaban J connectivity index is 1.79. The van der Waals surface area contributed by atoms with Crippen molar-refractivity contribution in [1.29, 1.82) is 0 Å². The third-order valence-electron chi connectivity index (χ3n) is 3.17. The number of carbonyl (C=O) groups is 1. The molecule has 22 heavy (non-hydrogen) atoms. The van der Waals surface area contributed by atoms with Crippen LogP contribution in [-0.4, -0.2) is 20.7 Å². The molecule has 3 aromatic rings. The number of rotatable bonds is 3. The van der Waals surface area contributed by atoms with E-state index < -0.39 is 0 Å². The van der Waals surface area contributed by atoms with E-state index in [1.54, 1.807) is 47.3 Å². The topological polar surface area (TPSA) is 79.8 Å². The molecule has 0 aliphatic heterocycles. The lowest BCUT2D eigenvalue weighted by Gasteiger charge is -2.05. The molecule has 0 saturated carbocycles. The van der Waals surface area contributed by atoms with Crippen LogP contribution in [0.25, 0.3) is 5.69 Å². The van der Waals surface area contributed by atoms with Gasteiger partial charge in [-0.1, -0.05) is 0 Å². The number of carbonyl (C=O) groups excluding carboxylic acids is 1. The van der Waals surface area contributed by atoms with Crippen molar-refractivity contribution in [3.63, 3.8) is 0 Å². The fourth-order valence-corrected chi connectivity index (χ4v) is 2.03. The number of nitrogens with zero attached hydrogens (tertiary/aromatic N) is 2.